The molecular formula is C26H29ClN5O9P. The van der Waals surface area contributed by atoms with Crippen molar-refractivity contribution in [3.8, 4) is 5.88 Å². The zero-order chi connectivity index (χ0) is 29.1. The zero-order valence-electron chi connectivity index (χ0n) is 22.6. The number of phosphoric acid groups is 1. The van der Waals surface area contributed by atoms with E-state index in [-0.39, 0.29) is 25.0 Å². The Morgan fingerprint density at radius 2 is 2.10 bits per heavy atom. The van der Waals surface area contributed by atoms with Gasteiger partial charge in [-0.15, -0.1) is 0 Å². The van der Waals surface area contributed by atoms with Crippen LogP contribution in [0.1, 0.15) is 50.5 Å². The molecule has 1 saturated carbocycles. The van der Waals surface area contributed by atoms with Crippen molar-refractivity contribution < 1.29 is 41.9 Å². The van der Waals surface area contributed by atoms with Gasteiger partial charge in [-0.3, -0.25) is 18.1 Å². The van der Waals surface area contributed by atoms with Crippen molar-refractivity contribution in [2.45, 2.75) is 62.7 Å². The molecule has 4 aliphatic rings. The number of phosphoric ester groups is 1. The highest BCUT2D eigenvalue weighted by atomic mass is 35.5. The number of imidazole rings is 1. The molecule has 2 N–H and O–H groups in total. The summed E-state index contributed by atoms with van der Waals surface area (Å²) in [5, 5.41) is 0.530. The van der Waals surface area contributed by atoms with Crippen LogP contribution in [-0.4, -0.2) is 63.3 Å². The Bertz CT molecular complexity index is 1570. The number of hydrogen-bond acceptors (Lipinski definition) is 13. The van der Waals surface area contributed by atoms with Gasteiger partial charge in [0.1, 0.15) is 6.10 Å². The second-order valence-electron chi connectivity index (χ2n) is 10.9. The number of benzene rings is 1. The summed E-state index contributed by atoms with van der Waals surface area (Å²) in [6, 6.07) is 7.09. The maximum Gasteiger partial charge on any atom is 0.509 e. The van der Waals surface area contributed by atoms with Crippen LogP contribution in [0.4, 0.5) is 10.7 Å². The Morgan fingerprint density at radius 3 is 2.88 bits per heavy atom. The first-order valence-electron chi connectivity index (χ1n) is 13.7. The molecule has 3 aliphatic heterocycles. The first-order valence-corrected chi connectivity index (χ1v) is 15.6. The van der Waals surface area contributed by atoms with Crippen LogP contribution in [0.2, 0.25) is 5.02 Å². The van der Waals surface area contributed by atoms with Crippen LogP contribution in [0.5, 0.6) is 5.88 Å². The molecule has 14 nitrogen and oxygen atoms in total. The van der Waals surface area contributed by atoms with Crippen LogP contribution < -0.4 is 10.5 Å². The first-order chi connectivity index (χ1) is 20.2. The van der Waals surface area contributed by atoms with Crippen molar-refractivity contribution in [3.63, 3.8) is 0 Å². The lowest BCUT2D eigenvalue weighted by atomic mass is 9.86. The average Bonchev–Trinajstić information content (AvgIpc) is 3.55. The minimum Gasteiger partial charge on any atom is -0.476 e. The van der Waals surface area contributed by atoms with E-state index in [1.165, 1.54) is 12.7 Å². The molecule has 0 unspecified atom stereocenters. The molecule has 3 saturated heterocycles. The molecule has 1 aromatic carbocycles. The molecule has 1 aliphatic carbocycles. The van der Waals surface area contributed by atoms with E-state index in [2.05, 4.69) is 15.0 Å². The van der Waals surface area contributed by atoms with Crippen LogP contribution in [0.3, 0.4) is 0 Å². The third kappa shape index (κ3) is 4.99. The van der Waals surface area contributed by atoms with E-state index in [4.69, 9.17) is 49.9 Å². The number of ether oxygens (including phenoxy) is 4. The number of fused-ring (bicyclic) bond motifs is 2. The number of aromatic nitrogens is 4. The van der Waals surface area contributed by atoms with E-state index >= 15 is 0 Å². The van der Waals surface area contributed by atoms with E-state index in [9.17, 15) is 9.36 Å². The van der Waals surface area contributed by atoms with E-state index in [1.54, 1.807) is 29.7 Å². The van der Waals surface area contributed by atoms with Crippen molar-refractivity contribution in [1.29, 1.82) is 0 Å². The molecule has 0 spiro atoms. The summed E-state index contributed by atoms with van der Waals surface area (Å²) in [5.41, 5.74) is 6.18. The maximum atomic E-state index is 13.4. The largest absolute Gasteiger partial charge is 0.509 e. The second kappa shape index (κ2) is 10.6. The minimum absolute atomic E-state index is 0.00828. The van der Waals surface area contributed by atoms with Crippen molar-refractivity contribution in [1.82, 2.24) is 19.5 Å². The van der Waals surface area contributed by atoms with Crippen molar-refractivity contribution in [2.24, 2.45) is 5.92 Å². The van der Waals surface area contributed by atoms with Crippen LogP contribution in [-0.2, 0) is 32.3 Å². The van der Waals surface area contributed by atoms with Crippen molar-refractivity contribution in [2.75, 3.05) is 25.6 Å². The number of rotatable bonds is 8. The third-order valence-electron chi connectivity index (χ3n) is 8.07. The number of nitrogens with two attached hydrogens (primary N) is 1. The second-order valence-corrected chi connectivity index (χ2v) is 13.0. The number of halogens is 1. The van der Waals surface area contributed by atoms with Crippen LogP contribution in [0.15, 0.2) is 30.6 Å². The molecule has 3 aromatic rings. The number of carbonyl (C=O) groups is 1. The molecule has 16 heteroatoms. The SMILES string of the molecule is C[C@@]12OC(=O)O[C@@H]1[C@@H](CO[P@@]1(=O)OCC[C@@H](c3cccc(Cl)c3)O1)O[C@H]2n1cnc2c(OCC3CCC3)nc(N)nc21. The number of carbonyl (C=O) groups excluding carboxylic acids is 1. The van der Waals surface area contributed by atoms with E-state index in [0.29, 0.717) is 35.1 Å². The Balaban J connectivity index is 1.11. The summed E-state index contributed by atoms with van der Waals surface area (Å²) < 4.78 is 55.3. The topological polar surface area (TPSA) is 168 Å². The molecule has 5 heterocycles. The van der Waals surface area contributed by atoms with Gasteiger partial charge in [0.2, 0.25) is 11.8 Å². The van der Waals surface area contributed by atoms with Gasteiger partial charge in [-0.2, -0.15) is 9.97 Å². The summed E-state index contributed by atoms with van der Waals surface area (Å²) in [6.07, 6.45) is 1.17. The van der Waals surface area contributed by atoms with Crippen LogP contribution >= 0.6 is 19.4 Å². The van der Waals surface area contributed by atoms with Gasteiger partial charge in [-0.25, -0.2) is 14.3 Å². The van der Waals surface area contributed by atoms with E-state index in [1.807, 2.05) is 6.07 Å². The summed E-state index contributed by atoms with van der Waals surface area (Å²) in [4.78, 5) is 25.4. The number of nitrogens with zero attached hydrogens (tertiary/aromatic N) is 4. The first kappa shape index (κ1) is 27.8. The fourth-order valence-corrected chi connectivity index (χ4v) is 7.26. The van der Waals surface area contributed by atoms with Gasteiger partial charge in [0.05, 0.1) is 32.3 Å². The molecule has 0 amide bonds. The lowest BCUT2D eigenvalue weighted by molar-refractivity contribution is -0.0925. The highest BCUT2D eigenvalue weighted by Crippen LogP contribution is 2.58. The van der Waals surface area contributed by atoms with Crippen LogP contribution in [0, 0.1) is 5.92 Å². The van der Waals surface area contributed by atoms with Crippen molar-refractivity contribution in [3.05, 3.63) is 41.2 Å². The lowest BCUT2D eigenvalue weighted by Gasteiger charge is -2.30. The summed E-state index contributed by atoms with van der Waals surface area (Å²) >= 11 is 6.12. The predicted molar refractivity (Wildman–Crippen MR) is 146 cm³/mol. The summed E-state index contributed by atoms with van der Waals surface area (Å²) in [7, 11) is -4.00. The Morgan fingerprint density at radius 1 is 1.24 bits per heavy atom. The lowest BCUT2D eigenvalue weighted by Crippen LogP contribution is -2.42. The Kier molecular flexibility index (Phi) is 7.03. The monoisotopic (exact) mass is 621 g/mol. The Hall–Kier alpha value is -3.00. The van der Waals surface area contributed by atoms with Gasteiger partial charge >= 0.3 is 14.0 Å². The van der Waals surface area contributed by atoms with Gasteiger partial charge < -0.3 is 24.7 Å². The highest BCUT2D eigenvalue weighted by Gasteiger charge is 2.64. The van der Waals surface area contributed by atoms with Crippen molar-refractivity contribution >= 4 is 42.7 Å². The van der Waals surface area contributed by atoms with E-state index < -0.39 is 44.1 Å². The smallest absolute Gasteiger partial charge is 0.476 e. The number of anilines is 1. The third-order valence-corrected chi connectivity index (χ3v) is 9.78. The van der Waals surface area contributed by atoms with Gasteiger partial charge in [-0.1, -0.05) is 30.2 Å². The average molecular weight is 622 g/mol. The molecule has 7 rings (SSSR count). The molecular weight excluding hydrogens is 593 g/mol. The van der Waals surface area contributed by atoms with Crippen LogP contribution in [0.25, 0.3) is 11.2 Å². The molecule has 2 aromatic heterocycles. The number of hydrogen-bond donors (Lipinski definition) is 1. The van der Waals surface area contributed by atoms with Gasteiger partial charge in [0.15, 0.2) is 29.1 Å². The Labute approximate surface area is 245 Å². The fraction of sp³-hybridized carbons (Fsp3) is 0.538. The fourth-order valence-electron chi connectivity index (χ4n) is 5.67. The summed E-state index contributed by atoms with van der Waals surface area (Å²) in [5.74, 6) is 0.726. The normalized spacial score (nSPS) is 32.8. The van der Waals surface area contributed by atoms with Gasteiger partial charge in [0.25, 0.3) is 0 Å². The molecule has 42 heavy (non-hydrogen) atoms. The highest BCUT2D eigenvalue weighted by molar-refractivity contribution is 7.48. The molecule has 0 bridgehead atoms. The molecule has 0 radical (unpaired) electrons. The molecule has 224 valence electrons. The summed E-state index contributed by atoms with van der Waals surface area (Å²) in [6.45, 7) is 2.04. The van der Waals surface area contributed by atoms with E-state index in [0.717, 1.165) is 18.4 Å². The predicted octanol–water partition coefficient (Wildman–Crippen LogP) is 4.74. The quantitative estimate of drug-likeness (QED) is 0.271. The zero-order valence-corrected chi connectivity index (χ0v) is 24.2. The van der Waals surface area contributed by atoms with Gasteiger partial charge in [-0.05, 0) is 43.4 Å². The standard InChI is InChI=1S/C26H29ClN5O9P/c1-26-20(39-25(33)40-26)18(12-37-42(34)36-9-8-17(41-42)15-6-3-7-16(27)10-15)38-23(26)32-13-29-19-21(32)30-24(28)31-22(19)35-11-14-4-2-5-14/h3,6-7,10,13-14,17-18,20,23H,2,4-5,8-9,11-12H2,1H3,(H2,28,30,31)/t17-,18+,20+,23+,26+,42+/m0/s1. The number of nitrogen functional groups attached to an aromatic ring is 1. The minimum atomic E-state index is -4.00. The molecule has 6 atom stereocenters. The molecule has 4 fully saturated rings. The maximum absolute atomic E-state index is 13.4. The van der Waals surface area contributed by atoms with Gasteiger partial charge in [0, 0.05) is 11.4 Å².